The normalized spacial score (nSPS) is 10.9. The molecule has 0 bridgehead atoms. The highest BCUT2D eigenvalue weighted by Crippen LogP contribution is 2.24. The van der Waals surface area contributed by atoms with Crippen molar-refractivity contribution in [2.75, 3.05) is 0 Å². The highest BCUT2D eigenvalue weighted by Gasteiger charge is 2.13. The Morgan fingerprint density at radius 1 is 1.18 bits per heavy atom. The van der Waals surface area contributed by atoms with Crippen LogP contribution in [0, 0.1) is 0 Å². The molecule has 0 aliphatic rings. The molecule has 0 saturated heterocycles. The summed E-state index contributed by atoms with van der Waals surface area (Å²) in [6.07, 6.45) is 1.69. The molecule has 17 heavy (non-hydrogen) atoms. The van der Waals surface area contributed by atoms with Crippen molar-refractivity contribution in [3.05, 3.63) is 40.1 Å². The van der Waals surface area contributed by atoms with Crippen molar-refractivity contribution < 1.29 is 0 Å². The van der Waals surface area contributed by atoms with Gasteiger partial charge in [0.2, 0.25) is 5.82 Å². The van der Waals surface area contributed by atoms with Crippen LogP contribution in [0.15, 0.2) is 34.9 Å². The zero-order valence-corrected chi connectivity index (χ0v) is 10.7. The van der Waals surface area contributed by atoms with E-state index >= 15 is 0 Å². The molecule has 0 radical (unpaired) electrons. The van der Waals surface area contributed by atoms with Crippen molar-refractivity contribution >= 4 is 33.2 Å². The molecule has 0 spiro atoms. The molecule has 0 aliphatic carbocycles. The summed E-state index contributed by atoms with van der Waals surface area (Å²) in [4.78, 5) is 4.25. The number of pyridine rings is 1. The number of aromatic nitrogens is 5. The van der Waals surface area contributed by atoms with Crippen LogP contribution in [0.2, 0.25) is 5.15 Å². The van der Waals surface area contributed by atoms with E-state index in [1.165, 1.54) is 0 Å². The van der Waals surface area contributed by atoms with Crippen molar-refractivity contribution in [1.29, 1.82) is 0 Å². The third-order valence-electron chi connectivity index (χ3n) is 2.20. The van der Waals surface area contributed by atoms with Gasteiger partial charge in [-0.1, -0.05) is 11.6 Å². The van der Waals surface area contributed by atoms with Gasteiger partial charge >= 0.3 is 0 Å². The van der Waals surface area contributed by atoms with Gasteiger partial charge in [-0.05, 0) is 40.2 Å². The summed E-state index contributed by atoms with van der Waals surface area (Å²) in [5.74, 6) is 0.551. The Bertz CT molecular complexity index is 696. The van der Waals surface area contributed by atoms with Crippen molar-refractivity contribution in [2.45, 2.75) is 0 Å². The molecular weight excluding hydrogens is 306 g/mol. The predicted octanol–water partition coefficient (Wildman–Crippen LogP) is 2.60. The summed E-state index contributed by atoms with van der Waals surface area (Å²) in [5, 5.41) is 12.6. The molecular formula is C10H5BrClN5. The average molecular weight is 311 g/mol. The Morgan fingerprint density at radius 3 is 2.88 bits per heavy atom. The zero-order chi connectivity index (χ0) is 11.8. The molecule has 0 N–H and O–H groups in total. The molecule has 0 unspecified atom stereocenters. The van der Waals surface area contributed by atoms with Crippen molar-refractivity contribution in [1.82, 2.24) is 24.8 Å². The van der Waals surface area contributed by atoms with Crippen LogP contribution in [0.1, 0.15) is 0 Å². The van der Waals surface area contributed by atoms with Crippen LogP contribution in [-0.4, -0.2) is 24.8 Å². The zero-order valence-electron chi connectivity index (χ0n) is 8.38. The molecule has 5 nitrogen and oxygen atoms in total. The summed E-state index contributed by atoms with van der Waals surface area (Å²) in [5.41, 5.74) is 1.30. The van der Waals surface area contributed by atoms with E-state index in [1.54, 1.807) is 22.8 Å². The molecule has 84 valence electrons. The molecule has 0 atom stereocenters. The highest BCUT2D eigenvalue weighted by atomic mass is 79.9. The highest BCUT2D eigenvalue weighted by molar-refractivity contribution is 9.10. The molecule has 3 heterocycles. The Kier molecular flexibility index (Phi) is 2.53. The monoisotopic (exact) mass is 309 g/mol. The summed E-state index contributed by atoms with van der Waals surface area (Å²) in [6.45, 7) is 0. The number of rotatable bonds is 1. The number of hydrogen-bond acceptors (Lipinski definition) is 4. The standard InChI is InChI=1S/C10H5BrClN5/c11-6-2-1-5-13-9(6)10-15-14-8-4-3-7(12)16-17(8)10/h1-5H. The maximum Gasteiger partial charge on any atom is 0.204 e. The fourth-order valence-corrected chi connectivity index (χ4v) is 2.04. The van der Waals surface area contributed by atoms with Crippen LogP contribution in [0.25, 0.3) is 17.2 Å². The van der Waals surface area contributed by atoms with E-state index < -0.39 is 0 Å². The summed E-state index contributed by atoms with van der Waals surface area (Å²) >= 11 is 9.27. The Labute approximate surface area is 110 Å². The number of fused-ring (bicyclic) bond motifs is 1. The van der Waals surface area contributed by atoms with Gasteiger partial charge in [0.25, 0.3) is 0 Å². The van der Waals surface area contributed by atoms with Gasteiger partial charge in [-0.15, -0.1) is 10.2 Å². The lowest BCUT2D eigenvalue weighted by atomic mass is 10.3. The molecule has 0 aliphatic heterocycles. The van der Waals surface area contributed by atoms with E-state index in [2.05, 4.69) is 36.2 Å². The maximum absolute atomic E-state index is 5.86. The van der Waals surface area contributed by atoms with Gasteiger partial charge in [0, 0.05) is 10.7 Å². The van der Waals surface area contributed by atoms with E-state index in [1.807, 2.05) is 12.1 Å². The van der Waals surface area contributed by atoms with Crippen molar-refractivity contribution in [3.63, 3.8) is 0 Å². The molecule has 3 aromatic heterocycles. The molecule has 3 rings (SSSR count). The van der Waals surface area contributed by atoms with Crippen LogP contribution in [0.3, 0.4) is 0 Å². The first-order chi connectivity index (χ1) is 8.25. The molecule has 0 aromatic carbocycles. The lowest BCUT2D eigenvalue weighted by Crippen LogP contribution is -1.96. The second kappa shape index (κ2) is 4.05. The molecule has 7 heteroatoms. The van der Waals surface area contributed by atoms with Crippen molar-refractivity contribution in [2.24, 2.45) is 0 Å². The lowest BCUT2D eigenvalue weighted by Gasteiger charge is -2.00. The van der Waals surface area contributed by atoms with Crippen LogP contribution in [-0.2, 0) is 0 Å². The van der Waals surface area contributed by atoms with Crippen LogP contribution in [0.5, 0.6) is 0 Å². The van der Waals surface area contributed by atoms with Gasteiger partial charge in [-0.25, -0.2) is 0 Å². The minimum atomic E-state index is 0.380. The predicted molar refractivity (Wildman–Crippen MR) is 66.7 cm³/mol. The third-order valence-corrected chi connectivity index (χ3v) is 3.04. The number of nitrogens with zero attached hydrogens (tertiary/aromatic N) is 5. The number of hydrogen-bond donors (Lipinski definition) is 0. The topological polar surface area (TPSA) is 56.0 Å². The first-order valence-corrected chi connectivity index (χ1v) is 5.91. The van der Waals surface area contributed by atoms with E-state index in [0.29, 0.717) is 22.3 Å². The third kappa shape index (κ3) is 1.79. The second-order valence-corrected chi connectivity index (χ2v) is 4.53. The largest absolute Gasteiger partial charge is 0.252 e. The molecule has 0 saturated carbocycles. The molecule has 0 amide bonds. The summed E-state index contributed by atoms with van der Waals surface area (Å²) < 4.78 is 2.39. The van der Waals surface area contributed by atoms with Gasteiger partial charge in [0.1, 0.15) is 10.8 Å². The average Bonchev–Trinajstić information content (AvgIpc) is 2.72. The quantitative estimate of drug-likeness (QED) is 0.693. The van der Waals surface area contributed by atoms with Crippen LogP contribution in [0.4, 0.5) is 0 Å². The maximum atomic E-state index is 5.86. The van der Waals surface area contributed by atoms with E-state index in [9.17, 15) is 0 Å². The van der Waals surface area contributed by atoms with Crippen molar-refractivity contribution in [3.8, 4) is 11.5 Å². The fourth-order valence-electron chi connectivity index (χ4n) is 1.46. The van der Waals surface area contributed by atoms with E-state index in [0.717, 1.165) is 4.47 Å². The Hall–Kier alpha value is -1.53. The molecule has 3 aromatic rings. The summed E-state index contributed by atoms with van der Waals surface area (Å²) in [7, 11) is 0. The van der Waals surface area contributed by atoms with Gasteiger partial charge in [-0.3, -0.25) is 4.98 Å². The molecule has 0 fully saturated rings. The van der Waals surface area contributed by atoms with Crippen LogP contribution < -0.4 is 0 Å². The van der Waals surface area contributed by atoms with Gasteiger partial charge in [0.05, 0.1) is 0 Å². The first kappa shape index (κ1) is 10.6. The fraction of sp³-hybridized carbons (Fsp3) is 0. The van der Waals surface area contributed by atoms with E-state index in [-0.39, 0.29) is 0 Å². The lowest BCUT2D eigenvalue weighted by molar-refractivity contribution is 0.929. The summed E-state index contributed by atoms with van der Waals surface area (Å²) in [6, 6.07) is 7.14. The Morgan fingerprint density at radius 2 is 2.06 bits per heavy atom. The minimum absolute atomic E-state index is 0.380. The smallest absolute Gasteiger partial charge is 0.204 e. The minimum Gasteiger partial charge on any atom is -0.252 e. The first-order valence-electron chi connectivity index (χ1n) is 4.74. The van der Waals surface area contributed by atoms with Gasteiger partial charge in [0.15, 0.2) is 5.65 Å². The van der Waals surface area contributed by atoms with Gasteiger partial charge < -0.3 is 0 Å². The number of halogens is 2. The van der Waals surface area contributed by atoms with Gasteiger partial charge in [-0.2, -0.15) is 9.61 Å². The van der Waals surface area contributed by atoms with E-state index in [4.69, 9.17) is 11.6 Å². The van der Waals surface area contributed by atoms with Crippen LogP contribution >= 0.6 is 27.5 Å². The SMILES string of the molecule is Clc1ccc2nnc(-c3ncccc3Br)n2n1. The second-order valence-electron chi connectivity index (χ2n) is 3.28. The Balaban J connectivity index is 2.31.